The number of nitrogens with zero attached hydrogens (tertiary/aromatic N) is 1. The first kappa shape index (κ1) is 21.8. The zero-order valence-electron chi connectivity index (χ0n) is 18.3. The van der Waals surface area contributed by atoms with Gasteiger partial charge >= 0.3 is 0 Å². The van der Waals surface area contributed by atoms with Crippen molar-refractivity contribution in [2.24, 2.45) is 11.8 Å². The smallest absolute Gasteiger partial charge is 0.251 e. The Bertz CT molecular complexity index is 1070. The summed E-state index contributed by atoms with van der Waals surface area (Å²) in [6, 6.07) is 12.7. The van der Waals surface area contributed by atoms with Gasteiger partial charge in [0.25, 0.3) is 5.91 Å². The molecule has 1 aliphatic carbocycles. The number of hydrogen-bond acceptors (Lipinski definition) is 4. The van der Waals surface area contributed by atoms with E-state index in [9.17, 15) is 13.2 Å². The molecule has 2 aromatic carbocycles. The number of nitrogens with one attached hydrogen (secondary N) is 1. The highest BCUT2D eigenvalue weighted by molar-refractivity contribution is 7.89. The van der Waals surface area contributed by atoms with Crippen LogP contribution < -0.4 is 10.1 Å². The minimum Gasteiger partial charge on any atom is -0.495 e. The second-order valence-corrected chi connectivity index (χ2v) is 10.8. The average Bonchev–Trinajstić information content (AvgIpc) is 3.15. The van der Waals surface area contributed by atoms with Crippen LogP contribution in [-0.4, -0.2) is 38.8 Å². The molecule has 4 rings (SSSR count). The van der Waals surface area contributed by atoms with Gasteiger partial charge in [0, 0.05) is 18.7 Å². The summed E-state index contributed by atoms with van der Waals surface area (Å²) in [5, 5.41) is 3.07. The van der Waals surface area contributed by atoms with Crippen LogP contribution in [0.25, 0.3) is 0 Å². The summed E-state index contributed by atoms with van der Waals surface area (Å²) >= 11 is 0. The standard InChI is InChI=1S/C24H30N2O4S/c1-16-12-17(2)15-26(14-16)31(28,29)23-13-19(9-11-22(23)30-3)24(27)25-21-10-8-18-6-4-5-7-20(18)21/h4-7,9,11,13,16-17,21H,8,10,12,14-15H2,1-3H3,(H,25,27). The number of hydrogen-bond donors (Lipinski definition) is 1. The zero-order valence-corrected chi connectivity index (χ0v) is 19.1. The molecule has 7 heteroatoms. The van der Waals surface area contributed by atoms with Gasteiger partial charge in [-0.1, -0.05) is 38.1 Å². The van der Waals surface area contributed by atoms with Crippen molar-refractivity contribution in [1.82, 2.24) is 9.62 Å². The summed E-state index contributed by atoms with van der Waals surface area (Å²) in [4.78, 5) is 13.1. The lowest BCUT2D eigenvalue weighted by Gasteiger charge is -2.34. The number of aryl methyl sites for hydroxylation is 1. The molecule has 0 saturated carbocycles. The summed E-state index contributed by atoms with van der Waals surface area (Å²) in [5.74, 6) is 0.562. The van der Waals surface area contributed by atoms with Crippen molar-refractivity contribution < 1.29 is 17.9 Å². The van der Waals surface area contributed by atoms with Gasteiger partial charge in [-0.15, -0.1) is 0 Å². The number of carbonyl (C=O) groups excluding carboxylic acids is 1. The minimum absolute atomic E-state index is 0.0516. The van der Waals surface area contributed by atoms with E-state index < -0.39 is 10.0 Å². The first-order valence-electron chi connectivity index (χ1n) is 10.9. The summed E-state index contributed by atoms with van der Waals surface area (Å²) in [5.41, 5.74) is 2.70. The number of rotatable bonds is 5. The number of carbonyl (C=O) groups is 1. The second-order valence-electron chi connectivity index (χ2n) is 8.90. The molecule has 0 spiro atoms. The lowest BCUT2D eigenvalue weighted by Crippen LogP contribution is -2.42. The lowest BCUT2D eigenvalue weighted by molar-refractivity contribution is 0.0936. The number of methoxy groups -OCH3 is 1. The number of ether oxygens (including phenoxy) is 1. The number of amides is 1. The second kappa shape index (κ2) is 8.63. The van der Waals surface area contributed by atoms with E-state index in [0.717, 1.165) is 24.8 Å². The van der Waals surface area contributed by atoms with Crippen molar-refractivity contribution in [2.75, 3.05) is 20.2 Å². The Morgan fingerprint density at radius 2 is 1.81 bits per heavy atom. The van der Waals surface area contributed by atoms with Gasteiger partial charge in [-0.3, -0.25) is 4.79 Å². The molecule has 1 heterocycles. The highest BCUT2D eigenvalue weighted by Crippen LogP contribution is 2.33. The van der Waals surface area contributed by atoms with Crippen LogP contribution in [0.3, 0.4) is 0 Å². The van der Waals surface area contributed by atoms with Crippen LogP contribution in [-0.2, 0) is 16.4 Å². The maximum atomic E-state index is 13.5. The summed E-state index contributed by atoms with van der Waals surface area (Å²) in [6.07, 6.45) is 2.78. The fraction of sp³-hybridized carbons (Fsp3) is 0.458. The van der Waals surface area contributed by atoms with Gasteiger partial charge in [-0.05, 0) is 60.4 Å². The molecule has 1 saturated heterocycles. The van der Waals surface area contributed by atoms with Crippen molar-refractivity contribution in [3.8, 4) is 5.75 Å². The van der Waals surface area contributed by atoms with E-state index in [-0.39, 0.29) is 22.6 Å². The van der Waals surface area contributed by atoms with E-state index in [0.29, 0.717) is 30.5 Å². The molecule has 1 aliphatic heterocycles. The monoisotopic (exact) mass is 442 g/mol. The molecule has 1 amide bonds. The predicted molar refractivity (Wildman–Crippen MR) is 120 cm³/mol. The van der Waals surface area contributed by atoms with Gasteiger partial charge in [0.1, 0.15) is 10.6 Å². The number of fused-ring (bicyclic) bond motifs is 1. The molecule has 166 valence electrons. The van der Waals surface area contributed by atoms with Gasteiger partial charge in [0.05, 0.1) is 13.2 Å². The third-order valence-corrected chi connectivity index (χ3v) is 8.17. The zero-order chi connectivity index (χ0) is 22.2. The van der Waals surface area contributed by atoms with Crippen LogP contribution >= 0.6 is 0 Å². The van der Waals surface area contributed by atoms with Crippen molar-refractivity contribution in [2.45, 2.75) is 44.0 Å². The third kappa shape index (κ3) is 4.34. The number of sulfonamides is 1. The predicted octanol–water partition coefficient (Wildman–Crippen LogP) is 3.78. The molecule has 6 nitrogen and oxygen atoms in total. The van der Waals surface area contributed by atoms with E-state index in [1.165, 1.54) is 23.0 Å². The molecular formula is C24H30N2O4S. The first-order chi connectivity index (χ1) is 14.8. The molecular weight excluding hydrogens is 412 g/mol. The van der Waals surface area contributed by atoms with Crippen molar-refractivity contribution in [1.29, 1.82) is 0 Å². The number of benzene rings is 2. The average molecular weight is 443 g/mol. The normalized spacial score (nSPS) is 23.9. The van der Waals surface area contributed by atoms with E-state index in [1.807, 2.05) is 18.2 Å². The third-order valence-electron chi connectivity index (χ3n) is 6.32. The van der Waals surface area contributed by atoms with Crippen LogP contribution in [0.5, 0.6) is 5.75 Å². The molecule has 1 N–H and O–H groups in total. The molecule has 0 radical (unpaired) electrons. The van der Waals surface area contributed by atoms with Gasteiger partial charge in [0.15, 0.2) is 0 Å². The van der Waals surface area contributed by atoms with Crippen LogP contribution in [0.2, 0.25) is 0 Å². The maximum absolute atomic E-state index is 13.5. The molecule has 1 fully saturated rings. The van der Waals surface area contributed by atoms with Gasteiger partial charge in [-0.25, -0.2) is 8.42 Å². The SMILES string of the molecule is COc1ccc(C(=O)NC2CCc3ccccc32)cc1S(=O)(=O)N1CC(C)CC(C)C1. The Kier molecular flexibility index (Phi) is 6.08. The molecule has 3 unspecified atom stereocenters. The molecule has 2 aromatic rings. The Hall–Kier alpha value is -2.38. The first-order valence-corrected chi connectivity index (χ1v) is 12.3. The van der Waals surface area contributed by atoms with E-state index in [2.05, 4.69) is 25.2 Å². The van der Waals surface area contributed by atoms with Gasteiger partial charge in [0.2, 0.25) is 10.0 Å². The van der Waals surface area contributed by atoms with E-state index in [4.69, 9.17) is 4.74 Å². The summed E-state index contributed by atoms with van der Waals surface area (Å²) < 4.78 is 33.8. The molecule has 0 bridgehead atoms. The lowest BCUT2D eigenvalue weighted by atomic mass is 9.94. The molecule has 0 aromatic heterocycles. The van der Waals surface area contributed by atoms with Crippen molar-refractivity contribution in [3.63, 3.8) is 0 Å². The molecule has 31 heavy (non-hydrogen) atoms. The highest BCUT2D eigenvalue weighted by atomic mass is 32.2. The van der Waals surface area contributed by atoms with Crippen LogP contribution in [0.4, 0.5) is 0 Å². The Morgan fingerprint density at radius 1 is 1.10 bits per heavy atom. The minimum atomic E-state index is -3.77. The highest BCUT2D eigenvalue weighted by Gasteiger charge is 2.34. The quantitative estimate of drug-likeness (QED) is 0.765. The summed E-state index contributed by atoms with van der Waals surface area (Å²) in [7, 11) is -2.32. The molecule has 3 atom stereocenters. The Morgan fingerprint density at radius 3 is 2.52 bits per heavy atom. The van der Waals surface area contributed by atoms with E-state index >= 15 is 0 Å². The fourth-order valence-electron chi connectivity index (χ4n) is 4.91. The largest absolute Gasteiger partial charge is 0.495 e. The van der Waals surface area contributed by atoms with E-state index in [1.54, 1.807) is 12.1 Å². The summed E-state index contributed by atoms with van der Waals surface area (Å²) in [6.45, 7) is 5.09. The van der Waals surface area contributed by atoms with Crippen LogP contribution in [0.15, 0.2) is 47.4 Å². The van der Waals surface area contributed by atoms with Crippen LogP contribution in [0.1, 0.15) is 54.2 Å². The van der Waals surface area contributed by atoms with Gasteiger partial charge in [-0.2, -0.15) is 4.31 Å². The molecule has 2 aliphatic rings. The van der Waals surface area contributed by atoms with Gasteiger partial charge < -0.3 is 10.1 Å². The van der Waals surface area contributed by atoms with Crippen molar-refractivity contribution >= 4 is 15.9 Å². The maximum Gasteiger partial charge on any atom is 0.251 e. The topological polar surface area (TPSA) is 75.7 Å². The van der Waals surface area contributed by atoms with Crippen LogP contribution in [0, 0.1) is 11.8 Å². The Labute approximate surface area is 184 Å². The Balaban J connectivity index is 1.61. The number of piperidine rings is 1. The van der Waals surface area contributed by atoms with Crippen molar-refractivity contribution in [3.05, 3.63) is 59.2 Å². The fourth-order valence-corrected chi connectivity index (χ4v) is 6.77.